The molecule has 4 aromatic rings. The average molecular weight is 479 g/mol. The number of fused-ring (bicyclic) bond motifs is 1. The molecule has 1 aliphatic heterocycles. The van der Waals surface area contributed by atoms with Crippen LogP contribution in [0.15, 0.2) is 65.1 Å². The number of hydrogen-bond acceptors (Lipinski definition) is 7. The molecule has 3 aromatic carbocycles. The van der Waals surface area contributed by atoms with E-state index in [-0.39, 0.29) is 11.3 Å². The molecular weight excluding hydrogens is 460 g/mol. The maximum absolute atomic E-state index is 12.8. The summed E-state index contributed by atoms with van der Waals surface area (Å²) in [6.07, 6.45) is 0. The number of hydrogen-bond donors (Lipinski definition) is 1. The van der Waals surface area contributed by atoms with Crippen molar-refractivity contribution < 1.29 is 18.9 Å². The van der Waals surface area contributed by atoms with Crippen molar-refractivity contribution in [1.82, 2.24) is 4.98 Å². The van der Waals surface area contributed by atoms with Crippen molar-refractivity contribution >= 4 is 45.7 Å². The molecule has 0 aliphatic carbocycles. The molecule has 2 heterocycles. The van der Waals surface area contributed by atoms with Crippen LogP contribution in [0, 0.1) is 10.1 Å². The second kappa shape index (κ2) is 9.12. The van der Waals surface area contributed by atoms with E-state index in [2.05, 4.69) is 10.3 Å². The molecule has 34 heavy (non-hydrogen) atoms. The maximum Gasteiger partial charge on any atom is 0.293 e. The summed E-state index contributed by atoms with van der Waals surface area (Å²) >= 11 is 5.94. The molecule has 1 fully saturated rings. The van der Waals surface area contributed by atoms with Gasteiger partial charge in [-0.1, -0.05) is 11.6 Å². The van der Waals surface area contributed by atoms with Crippen molar-refractivity contribution in [2.45, 2.75) is 0 Å². The Hall–Kier alpha value is -3.95. The lowest BCUT2D eigenvalue weighted by atomic mass is 10.1. The molecule has 1 aromatic heterocycles. The van der Waals surface area contributed by atoms with E-state index in [9.17, 15) is 14.9 Å². The summed E-state index contributed by atoms with van der Waals surface area (Å²) < 4.78 is 11.1. The van der Waals surface area contributed by atoms with E-state index >= 15 is 0 Å². The fourth-order valence-electron chi connectivity index (χ4n) is 3.81. The molecule has 172 valence electrons. The normalized spacial score (nSPS) is 13.7. The number of anilines is 2. The van der Waals surface area contributed by atoms with Crippen LogP contribution in [-0.2, 0) is 4.74 Å². The number of halogens is 1. The van der Waals surface area contributed by atoms with Crippen LogP contribution in [0.4, 0.5) is 17.1 Å². The summed E-state index contributed by atoms with van der Waals surface area (Å²) in [5.41, 5.74) is 2.94. The number of carbonyl (C=O) groups excluding carboxylic acids is 1. The van der Waals surface area contributed by atoms with Gasteiger partial charge in [0.25, 0.3) is 11.6 Å². The van der Waals surface area contributed by atoms with Crippen LogP contribution in [0.2, 0.25) is 5.02 Å². The fourth-order valence-corrected chi connectivity index (χ4v) is 3.93. The first-order chi connectivity index (χ1) is 16.5. The maximum atomic E-state index is 12.8. The largest absolute Gasteiger partial charge is 0.436 e. The first-order valence-electron chi connectivity index (χ1n) is 10.6. The van der Waals surface area contributed by atoms with Gasteiger partial charge in [-0.15, -0.1) is 0 Å². The van der Waals surface area contributed by atoms with Gasteiger partial charge in [0.15, 0.2) is 5.58 Å². The number of aromatic nitrogens is 1. The Morgan fingerprint density at radius 3 is 2.56 bits per heavy atom. The molecule has 1 amide bonds. The predicted octanol–water partition coefficient (Wildman–Crippen LogP) is 5.15. The molecule has 10 heteroatoms. The third kappa shape index (κ3) is 4.43. The standard InChI is InChI=1S/C24H19ClN4O5/c25-17-4-1-15(2-5-17)24-27-19-14-18(6-8-22(19)34-24)26-23(30)16-3-7-20(21(13-16)29(31)32)28-9-11-33-12-10-28/h1-8,13-14H,9-12H2,(H,26,30). The van der Waals surface area contributed by atoms with Crippen LogP contribution >= 0.6 is 11.6 Å². The summed E-state index contributed by atoms with van der Waals surface area (Å²) in [5, 5.41) is 15.1. The second-order valence-electron chi connectivity index (χ2n) is 7.72. The van der Waals surface area contributed by atoms with E-state index in [0.717, 1.165) is 5.56 Å². The molecule has 0 unspecified atom stereocenters. The van der Waals surface area contributed by atoms with Crippen molar-refractivity contribution in [2.24, 2.45) is 0 Å². The van der Waals surface area contributed by atoms with Gasteiger partial charge in [0.1, 0.15) is 11.2 Å². The highest BCUT2D eigenvalue weighted by Gasteiger charge is 2.23. The molecule has 0 bridgehead atoms. The molecule has 5 rings (SSSR count). The van der Waals surface area contributed by atoms with E-state index in [1.54, 1.807) is 42.5 Å². The van der Waals surface area contributed by atoms with Crippen LogP contribution in [-0.4, -0.2) is 42.1 Å². The van der Waals surface area contributed by atoms with Gasteiger partial charge < -0.3 is 19.4 Å². The molecule has 1 saturated heterocycles. The molecule has 9 nitrogen and oxygen atoms in total. The first kappa shape index (κ1) is 21.9. The average Bonchev–Trinajstić information content (AvgIpc) is 3.28. The number of oxazole rings is 1. The van der Waals surface area contributed by atoms with Crippen molar-refractivity contribution in [3.63, 3.8) is 0 Å². The minimum absolute atomic E-state index is 0.117. The van der Waals surface area contributed by atoms with E-state index < -0.39 is 10.8 Å². The summed E-state index contributed by atoms with van der Waals surface area (Å²) in [4.78, 5) is 30.4. The fraction of sp³-hybridized carbons (Fsp3) is 0.167. The number of ether oxygens (including phenoxy) is 1. The van der Waals surface area contributed by atoms with Crippen LogP contribution in [0.1, 0.15) is 10.4 Å². The molecule has 0 radical (unpaired) electrons. The number of rotatable bonds is 5. The zero-order valence-corrected chi connectivity index (χ0v) is 18.6. The minimum atomic E-state index is -0.471. The van der Waals surface area contributed by atoms with Crippen LogP contribution in [0.5, 0.6) is 0 Å². The SMILES string of the molecule is O=C(Nc1ccc2oc(-c3ccc(Cl)cc3)nc2c1)c1ccc(N2CCOCC2)c([N+](=O)[O-])c1. The Kier molecular flexibility index (Phi) is 5.87. The van der Waals surface area contributed by atoms with E-state index in [4.69, 9.17) is 20.8 Å². The highest BCUT2D eigenvalue weighted by Crippen LogP contribution is 2.31. The van der Waals surface area contributed by atoms with Gasteiger partial charge in [-0.2, -0.15) is 0 Å². The molecule has 0 atom stereocenters. The number of nitrogens with one attached hydrogen (secondary N) is 1. The van der Waals surface area contributed by atoms with Gasteiger partial charge in [-0.25, -0.2) is 4.98 Å². The number of nitro benzene ring substituents is 1. The number of benzene rings is 3. The number of nitro groups is 1. The van der Waals surface area contributed by atoms with Crippen molar-refractivity contribution in [1.29, 1.82) is 0 Å². The smallest absolute Gasteiger partial charge is 0.293 e. The molecule has 0 spiro atoms. The van der Waals surface area contributed by atoms with Crippen molar-refractivity contribution in [3.05, 3.63) is 81.4 Å². The summed E-state index contributed by atoms with van der Waals surface area (Å²) in [6.45, 7) is 2.12. The zero-order chi connectivity index (χ0) is 23.7. The van der Waals surface area contributed by atoms with E-state index in [1.165, 1.54) is 6.07 Å². The number of carbonyl (C=O) groups is 1. The summed E-state index contributed by atoms with van der Waals surface area (Å²) in [6, 6.07) is 16.7. The Morgan fingerprint density at radius 1 is 1.06 bits per heavy atom. The monoisotopic (exact) mass is 478 g/mol. The third-order valence-electron chi connectivity index (χ3n) is 5.52. The van der Waals surface area contributed by atoms with Gasteiger partial charge in [-0.3, -0.25) is 14.9 Å². The van der Waals surface area contributed by atoms with E-state index in [1.807, 2.05) is 17.0 Å². The molecule has 1 N–H and O–H groups in total. The first-order valence-corrected chi connectivity index (χ1v) is 10.9. The summed E-state index contributed by atoms with van der Waals surface area (Å²) in [5.74, 6) is -0.0260. The number of morpholine rings is 1. The third-order valence-corrected chi connectivity index (χ3v) is 5.77. The van der Waals surface area contributed by atoms with Crippen LogP contribution < -0.4 is 10.2 Å². The minimum Gasteiger partial charge on any atom is -0.436 e. The molecule has 1 aliphatic rings. The molecular formula is C24H19ClN4O5. The lowest BCUT2D eigenvalue weighted by molar-refractivity contribution is -0.384. The van der Waals surface area contributed by atoms with Crippen molar-refractivity contribution in [2.75, 3.05) is 36.5 Å². The van der Waals surface area contributed by atoms with Crippen LogP contribution in [0.25, 0.3) is 22.6 Å². The Balaban J connectivity index is 1.38. The Labute approximate surface area is 199 Å². The van der Waals surface area contributed by atoms with Gasteiger partial charge >= 0.3 is 0 Å². The van der Waals surface area contributed by atoms with Crippen molar-refractivity contribution in [3.8, 4) is 11.5 Å². The van der Waals surface area contributed by atoms with Gasteiger partial charge in [0.05, 0.1) is 18.1 Å². The second-order valence-corrected chi connectivity index (χ2v) is 8.16. The Morgan fingerprint density at radius 2 is 1.82 bits per heavy atom. The predicted molar refractivity (Wildman–Crippen MR) is 129 cm³/mol. The van der Waals surface area contributed by atoms with Gasteiger partial charge in [0.2, 0.25) is 5.89 Å². The number of nitrogens with zero attached hydrogens (tertiary/aromatic N) is 3. The van der Waals surface area contributed by atoms with Gasteiger partial charge in [0, 0.05) is 41.0 Å². The topological polar surface area (TPSA) is 111 Å². The van der Waals surface area contributed by atoms with Gasteiger partial charge in [-0.05, 0) is 54.6 Å². The quantitative estimate of drug-likeness (QED) is 0.312. The van der Waals surface area contributed by atoms with Crippen LogP contribution in [0.3, 0.4) is 0 Å². The number of amides is 1. The lowest BCUT2D eigenvalue weighted by Crippen LogP contribution is -2.36. The highest BCUT2D eigenvalue weighted by atomic mass is 35.5. The lowest BCUT2D eigenvalue weighted by Gasteiger charge is -2.28. The molecule has 0 saturated carbocycles. The summed E-state index contributed by atoms with van der Waals surface area (Å²) in [7, 11) is 0. The Bertz CT molecular complexity index is 1380. The zero-order valence-electron chi connectivity index (χ0n) is 17.9. The highest BCUT2D eigenvalue weighted by molar-refractivity contribution is 6.30. The van der Waals surface area contributed by atoms with E-state index in [0.29, 0.717) is 59.7 Å².